The number of carbonyl (C=O) groups excluding carboxylic acids is 1. The highest BCUT2D eigenvalue weighted by Gasteiger charge is 2.21. The van der Waals surface area contributed by atoms with Crippen LogP contribution in [0.25, 0.3) is 5.70 Å². The van der Waals surface area contributed by atoms with Gasteiger partial charge in [-0.05, 0) is 57.6 Å². The van der Waals surface area contributed by atoms with E-state index in [1.807, 2.05) is 32.9 Å². The minimum atomic E-state index is -0.402. The van der Waals surface area contributed by atoms with Gasteiger partial charge in [-0.3, -0.25) is 0 Å². The van der Waals surface area contributed by atoms with Crippen LogP contribution in [0.15, 0.2) is 17.8 Å². The number of ether oxygens (including phenoxy) is 2. The van der Waals surface area contributed by atoms with Crippen molar-refractivity contribution < 1.29 is 14.3 Å². The summed E-state index contributed by atoms with van der Waals surface area (Å²) in [5.41, 5.74) is 8.57. The second kappa shape index (κ2) is 11.8. The maximum atomic E-state index is 12.4. The van der Waals surface area contributed by atoms with Crippen molar-refractivity contribution in [1.82, 2.24) is 14.9 Å². The first-order valence-corrected chi connectivity index (χ1v) is 11.3. The Morgan fingerprint density at radius 3 is 2.39 bits per heavy atom. The van der Waals surface area contributed by atoms with E-state index in [4.69, 9.17) is 21.1 Å². The molecule has 0 saturated heterocycles. The van der Waals surface area contributed by atoms with Gasteiger partial charge in [-0.1, -0.05) is 20.3 Å². The molecule has 1 aromatic rings. The second-order valence-electron chi connectivity index (χ2n) is 8.26. The minimum Gasteiger partial charge on any atom is -0.489 e. The van der Waals surface area contributed by atoms with Crippen molar-refractivity contribution in [3.8, 4) is 5.75 Å². The standard InChI is InChI=1S/C23H39N5O3/c1-6-17(7-2)27(4)23(29)30-15-20(28(5)25)22(24)19-13-14-21(16(3)26-19)31-18-11-9-8-10-12-18/h13-14,17-18H,6-12,15,24-25H2,1-5H3/b22-20-. The molecule has 2 rings (SSSR count). The number of rotatable bonds is 9. The van der Waals surface area contributed by atoms with Gasteiger partial charge in [-0.15, -0.1) is 0 Å². The third-order valence-electron chi connectivity index (χ3n) is 6.01. The number of amides is 1. The lowest BCUT2D eigenvalue weighted by Crippen LogP contribution is -2.38. The largest absolute Gasteiger partial charge is 0.489 e. The SMILES string of the molecule is CCC(CC)N(C)C(=O)OC/C(=C(/N)c1ccc(OC2CCCCC2)c(C)n1)N(C)N. The quantitative estimate of drug-likeness (QED) is 0.451. The van der Waals surface area contributed by atoms with Crippen LogP contribution in [0.3, 0.4) is 0 Å². The zero-order chi connectivity index (χ0) is 23.0. The maximum Gasteiger partial charge on any atom is 0.410 e. The molecule has 0 bridgehead atoms. The Kier molecular flexibility index (Phi) is 9.43. The van der Waals surface area contributed by atoms with Gasteiger partial charge in [-0.25, -0.2) is 15.6 Å². The molecule has 4 N–H and O–H groups in total. The Morgan fingerprint density at radius 1 is 1.19 bits per heavy atom. The Morgan fingerprint density at radius 2 is 1.84 bits per heavy atom. The van der Waals surface area contributed by atoms with Crippen LogP contribution >= 0.6 is 0 Å². The van der Waals surface area contributed by atoms with Crippen LogP contribution in [0.4, 0.5) is 4.79 Å². The van der Waals surface area contributed by atoms with Crippen molar-refractivity contribution in [3.05, 3.63) is 29.2 Å². The normalized spacial score (nSPS) is 15.5. The number of carbonyl (C=O) groups is 1. The number of nitrogens with two attached hydrogens (primary N) is 2. The number of hydrogen-bond donors (Lipinski definition) is 2. The molecule has 0 unspecified atom stereocenters. The van der Waals surface area contributed by atoms with Gasteiger partial charge in [0.15, 0.2) is 0 Å². The molecule has 1 aromatic heterocycles. The number of hydrogen-bond acceptors (Lipinski definition) is 7. The van der Waals surface area contributed by atoms with Crippen LogP contribution in [0.1, 0.15) is 70.2 Å². The van der Waals surface area contributed by atoms with Gasteiger partial charge in [0.05, 0.1) is 28.9 Å². The first-order valence-electron chi connectivity index (χ1n) is 11.3. The molecule has 31 heavy (non-hydrogen) atoms. The molecule has 8 nitrogen and oxygen atoms in total. The van der Waals surface area contributed by atoms with E-state index in [2.05, 4.69) is 4.98 Å². The summed E-state index contributed by atoms with van der Waals surface area (Å²) in [5, 5.41) is 1.36. The third-order valence-corrected chi connectivity index (χ3v) is 6.01. The minimum absolute atomic E-state index is 0.0385. The summed E-state index contributed by atoms with van der Waals surface area (Å²) in [7, 11) is 3.41. The Bertz CT molecular complexity index is 756. The van der Waals surface area contributed by atoms with Crippen LogP contribution < -0.4 is 16.3 Å². The number of likely N-dealkylation sites (N-methyl/N-ethyl adjacent to an activating group) is 1. The molecule has 174 valence electrons. The number of hydrazine groups is 1. The van der Waals surface area contributed by atoms with Crippen LogP contribution in [0, 0.1) is 6.92 Å². The molecule has 1 heterocycles. The molecule has 0 radical (unpaired) electrons. The average Bonchev–Trinajstić information content (AvgIpc) is 2.76. The summed E-state index contributed by atoms with van der Waals surface area (Å²) < 4.78 is 11.6. The molecular formula is C23H39N5O3. The highest BCUT2D eigenvalue weighted by atomic mass is 16.6. The molecule has 0 spiro atoms. The topological polar surface area (TPSA) is 107 Å². The highest BCUT2D eigenvalue weighted by molar-refractivity contribution is 5.69. The monoisotopic (exact) mass is 433 g/mol. The summed E-state index contributed by atoms with van der Waals surface area (Å²) in [6.07, 6.45) is 7.45. The van der Waals surface area contributed by atoms with Gasteiger partial charge >= 0.3 is 6.09 Å². The van der Waals surface area contributed by atoms with Gasteiger partial charge in [0, 0.05) is 20.1 Å². The van der Waals surface area contributed by atoms with Crippen LogP contribution in [0.5, 0.6) is 5.75 Å². The number of aromatic nitrogens is 1. The van der Waals surface area contributed by atoms with Gasteiger partial charge < -0.3 is 25.1 Å². The summed E-state index contributed by atoms with van der Waals surface area (Å²) in [6.45, 7) is 5.96. The lowest BCUT2D eigenvalue weighted by molar-refractivity contribution is 0.0973. The Hall–Kier alpha value is -2.48. The molecule has 1 saturated carbocycles. The fourth-order valence-electron chi connectivity index (χ4n) is 3.92. The van der Waals surface area contributed by atoms with Crippen molar-refractivity contribution in [2.75, 3.05) is 20.7 Å². The Labute approximate surface area is 186 Å². The summed E-state index contributed by atoms with van der Waals surface area (Å²) in [6, 6.07) is 3.86. The van der Waals surface area contributed by atoms with Crippen molar-refractivity contribution in [1.29, 1.82) is 0 Å². The van der Waals surface area contributed by atoms with Crippen molar-refractivity contribution in [2.45, 2.75) is 77.9 Å². The van der Waals surface area contributed by atoms with Crippen LogP contribution in [0.2, 0.25) is 0 Å². The summed E-state index contributed by atoms with van der Waals surface area (Å²) >= 11 is 0. The lowest BCUT2D eigenvalue weighted by atomic mass is 9.98. The molecule has 1 aliphatic rings. The van der Waals surface area contributed by atoms with E-state index >= 15 is 0 Å². The molecule has 8 heteroatoms. The van der Waals surface area contributed by atoms with E-state index in [1.54, 1.807) is 19.0 Å². The fraction of sp³-hybridized carbons (Fsp3) is 0.652. The van der Waals surface area contributed by atoms with Gasteiger partial charge in [0.2, 0.25) is 0 Å². The molecule has 1 aliphatic carbocycles. The van der Waals surface area contributed by atoms with Crippen LogP contribution in [-0.4, -0.2) is 53.8 Å². The second-order valence-corrected chi connectivity index (χ2v) is 8.26. The van der Waals surface area contributed by atoms with E-state index in [0.29, 0.717) is 17.1 Å². The number of pyridine rings is 1. The molecule has 0 aromatic carbocycles. The van der Waals surface area contributed by atoms with Gasteiger partial charge in [-0.2, -0.15) is 0 Å². The Balaban J connectivity index is 2.12. The van der Waals surface area contributed by atoms with Crippen molar-refractivity contribution in [3.63, 3.8) is 0 Å². The number of aryl methyl sites for hydroxylation is 1. The zero-order valence-corrected chi connectivity index (χ0v) is 19.7. The third kappa shape index (κ3) is 6.75. The van der Waals surface area contributed by atoms with E-state index < -0.39 is 6.09 Å². The number of nitrogens with zero attached hydrogens (tertiary/aromatic N) is 3. The molecule has 0 atom stereocenters. The summed E-state index contributed by atoms with van der Waals surface area (Å²) in [5.74, 6) is 6.76. The van der Waals surface area contributed by atoms with Crippen molar-refractivity contribution in [2.24, 2.45) is 11.6 Å². The first-order chi connectivity index (χ1) is 14.8. The maximum absolute atomic E-state index is 12.4. The van der Waals surface area contributed by atoms with E-state index in [9.17, 15) is 4.79 Å². The molecule has 1 amide bonds. The summed E-state index contributed by atoms with van der Waals surface area (Å²) in [4.78, 5) is 18.7. The molecule has 1 fully saturated rings. The predicted octanol–water partition coefficient (Wildman–Crippen LogP) is 3.79. The van der Waals surface area contributed by atoms with E-state index in [1.165, 1.54) is 24.3 Å². The first kappa shape index (κ1) is 24.8. The van der Waals surface area contributed by atoms with Crippen LogP contribution in [-0.2, 0) is 4.74 Å². The van der Waals surface area contributed by atoms with Gasteiger partial charge in [0.25, 0.3) is 0 Å². The zero-order valence-electron chi connectivity index (χ0n) is 19.7. The molecule has 0 aliphatic heterocycles. The highest BCUT2D eigenvalue weighted by Crippen LogP contribution is 2.26. The molecular weight excluding hydrogens is 394 g/mol. The fourth-order valence-corrected chi connectivity index (χ4v) is 3.92. The smallest absolute Gasteiger partial charge is 0.410 e. The lowest BCUT2D eigenvalue weighted by Gasteiger charge is -2.27. The van der Waals surface area contributed by atoms with Gasteiger partial charge in [0.1, 0.15) is 12.4 Å². The van der Waals surface area contributed by atoms with Crippen molar-refractivity contribution >= 4 is 11.8 Å². The average molecular weight is 434 g/mol. The predicted molar refractivity (Wildman–Crippen MR) is 123 cm³/mol. The van der Waals surface area contributed by atoms with E-state index in [0.717, 1.165) is 37.1 Å². The van der Waals surface area contributed by atoms with E-state index in [-0.39, 0.29) is 18.8 Å².